The maximum Gasteiger partial charge on any atom is 0.323 e. The molecule has 0 aromatic rings. The minimum Gasteiger partial charge on any atom is -0.468 e. The summed E-state index contributed by atoms with van der Waals surface area (Å²) >= 11 is 0. The van der Waals surface area contributed by atoms with Crippen LogP contribution in [0.25, 0.3) is 0 Å². The number of carbonyl (C=O) groups excluding carboxylic acids is 1. The zero-order valence-corrected chi connectivity index (χ0v) is 9.66. The number of hydrogen-bond donors (Lipinski definition) is 1. The summed E-state index contributed by atoms with van der Waals surface area (Å²) in [5.41, 5.74) is 5.38. The van der Waals surface area contributed by atoms with E-state index in [0.29, 0.717) is 0 Å². The third kappa shape index (κ3) is 2.69. The Morgan fingerprint density at radius 3 is 2.21 bits per heavy atom. The van der Waals surface area contributed by atoms with E-state index in [1.807, 2.05) is 20.8 Å². The van der Waals surface area contributed by atoms with Crippen LogP contribution in [-0.4, -0.2) is 32.3 Å². The van der Waals surface area contributed by atoms with Crippen molar-refractivity contribution in [2.24, 2.45) is 11.1 Å². The van der Waals surface area contributed by atoms with Gasteiger partial charge in [0.1, 0.15) is 6.04 Å². The van der Waals surface area contributed by atoms with Gasteiger partial charge in [-0.15, -0.1) is 0 Å². The quantitative estimate of drug-likeness (QED) is 0.675. The summed E-state index contributed by atoms with van der Waals surface area (Å²) in [5, 5.41) is 0. The van der Waals surface area contributed by atoms with E-state index in [-0.39, 0.29) is 6.10 Å². The third-order valence-electron chi connectivity index (χ3n) is 2.74. The fourth-order valence-corrected chi connectivity index (χ4v) is 1.63. The maximum absolute atomic E-state index is 11.3. The SMILES string of the molecule is CCC(OC)C(C)(C)C(N)C(=O)OC. The third-order valence-corrected chi connectivity index (χ3v) is 2.74. The Labute approximate surface area is 85.8 Å². The molecule has 0 aliphatic heterocycles. The molecule has 0 heterocycles. The minimum atomic E-state index is -0.655. The molecule has 2 unspecified atom stereocenters. The first-order chi connectivity index (χ1) is 6.41. The summed E-state index contributed by atoms with van der Waals surface area (Å²) in [4.78, 5) is 11.3. The van der Waals surface area contributed by atoms with Gasteiger partial charge in [0.25, 0.3) is 0 Å². The van der Waals surface area contributed by atoms with Gasteiger partial charge in [0, 0.05) is 12.5 Å². The first kappa shape index (κ1) is 13.4. The molecule has 84 valence electrons. The van der Waals surface area contributed by atoms with Crippen molar-refractivity contribution in [3.05, 3.63) is 0 Å². The fraction of sp³-hybridized carbons (Fsp3) is 0.900. The van der Waals surface area contributed by atoms with Crippen molar-refractivity contribution in [2.45, 2.75) is 39.3 Å². The van der Waals surface area contributed by atoms with E-state index in [4.69, 9.17) is 10.5 Å². The first-order valence-corrected chi connectivity index (χ1v) is 4.78. The highest BCUT2D eigenvalue weighted by atomic mass is 16.5. The maximum atomic E-state index is 11.3. The molecule has 0 aromatic heterocycles. The van der Waals surface area contributed by atoms with Gasteiger partial charge in [-0.25, -0.2) is 0 Å². The molecule has 0 fully saturated rings. The van der Waals surface area contributed by atoms with E-state index >= 15 is 0 Å². The molecule has 14 heavy (non-hydrogen) atoms. The summed E-state index contributed by atoms with van der Waals surface area (Å²) in [6.45, 7) is 5.82. The molecule has 2 N–H and O–H groups in total. The van der Waals surface area contributed by atoms with Crippen molar-refractivity contribution in [1.29, 1.82) is 0 Å². The summed E-state index contributed by atoms with van der Waals surface area (Å²) in [5.74, 6) is -0.398. The van der Waals surface area contributed by atoms with Gasteiger partial charge in [0.05, 0.1) is 13.2 Å². The van der Waals surface area contributed by atoms with Gasteiger partial charge in [-0.2, -0.15) is 0 Å². The Morgan fingerprint density at radius 1 is 1.43 bits per heavy atom. The average molecular weight is 203 g/mol. The number of carbonyl (C=O) groups is 1. The van der Waals surface area contributed by atoms with Gasteiger partial charge in [-0.05, 0) is 6.42 Å². The van der Waals surface area contributed by atoms with Crippen LogP contribution in [0.5, 0.6) is 0 Å². The Kier molecular flexibility index (Phi) is 5.08. The van der Waals surface area contributed by atoms with Crippen LogP contribution in [0.3, 0.4) is 0 Å². The molecule has 0 aliphatic carbocycles. The molecular formula is C10H21NO3. The lowest BCUT2D eigenvalue weighted by Crippen LogP contribution is -2.51. The predicted octanol–water partition coefficient (Wildman–Crippen LogP) is 0.938. The van der Waals surface area contributed by atoms with Crippen LogP contribution in [-0.2, 0) is 14.3 Å². The second kappa shape index (κ2) is 5.32. The lowest BCUT2D eigenvalue weighted by Gasteiger charge is -2.36. The van der Waals surface area contributed by atoms with E-state index in [9.17, 15) is 4.79 Å². The smallest absolute Gasteiger partial charge is 0.323 e. The van der Waals surface area contributed by atoms with Gasteiger partial charge in [0.15, 0.2) is 0 Å². The van der Waals surface area contributed by atoms with E-state index < -0.39 is 17.4 Å². The molecule has 0 bridgehead atoms. The van der Waals surface area contributed by atoms with Gasteiger partial charge >= 0.3 is 5.97 Å². The summed E-state index contributed by atoms with van der Waals surface area (Å²) in [6.07, 6.45) is 0.769. The predicted molar refractivity (Wildman–Crippen MR) is 54.9 cm³/mol. The van der Waals surface area contributed by atoms with Crippen LogP contribution in [0.1, 0.15) is 27.2 Å². The van der Waals surface area contributed by atoms with Gasteiger partial charge in [-0.3, -0.25) is 4.79 Å². The number of rotatable bonds is 5. The van der Waals surface area contributed by atoms with E-state index in [1.54, 1.807) is 7.11 Å². The molecule has 4 heteroatoms. The first-order valence-electron chi connectivity index (χ1n) is 4.78. The zero-order valence-electron chi connectivity index (χ0n) is 9.66. The second-order valence-corrected chi connectivity index (χ2v) is 3.95. The molecule has 0 amide bonds. The normalized spacial score (nSPS) is 16.1. The monoisotopic (exact) mass is 203 g/mol. The van der Waals surface area contributed by atoms with Crippen LogP contribution < -0.4 is 5.73 Å². The van der Waals surface area contributed by atoms with Crippen LogP contribution in [0, 0.1) is 5.41 Å². The number of methoxy groups -OCH3 is 2. The van der Waals surface area contributed by atoms with Crippen molar-refractivity contribution >= 4 is 5.97 Å². The lowest BCUT2D eigenvalue weighted by molar-refractivity contribution is -0.148. The van der Waals surface area contributed by atoms with Crippen molar-refractivity contribution < 1.29 is 14.3 Å². The Balaban J connectivity index is 4.65. The summed E-state index contributed by atoms with van der Waals surface area (Å²) in [6, 6.07) is -0.655. The summed E-state index contributed by atoms with van der Waals surface area (Å²) < 4.78 is 9.91. The zero-order chi connectivity index (χ0) is 11.4. The Bertz CT molecular complexity index is 188. The molecule has 0 aliphatic rings. The Morgan fingerprint density at radius 2 is 1.93 bits per heavy atom. The summed E-state index contributed by atoms with van der Waals surface area (Å²) in [7, 11) is 2.96. The highest BCUT2D eigenvalue weighted by molar-refractivity contribution is 5.76. The number of esters is 1. The highest BCUT2D eigenvalue weighted by Gasteiger charge is 2.39. The van der Waals surface area contributed by atoms with Crippen LogP contribution in [0.4, 0.5) is 0 Å². The van der Waals surface area contributed by atoms with Crippen molar-refractivity contribution in [3.8, 4) is 0 Å². The largest absolute Gasteiger partial charge is 0.468 e. The van der Waals surface area contributed by atoms with Crippen LogP contribution in [0.15, 0.2) is 0 Å². The lowest BCUT2D eigenvalue weighted by atomic mass is 9.78. The van der Waals surface area contributed by atoms with Crippen molar-refractivity contribution in [2.75, 3.05) is 14.2 Å². The van der Waals surface area contributed by atoms with Gasteiger partial charge < -0.3 is 15.2 Å². The van der Waals surface area contributed by atoms with Crippen LogP contribution in [0.2, 0.25) is 0 Å². The van der Waals surface area contributed by atoms with Gasteiger partial charge in [0.2, 0.25) is 0 Å². The molecule has 4 nitrogen and oxygen atoms in total. The standard InChI is InChI=1S/C10H21NO3/c1-6-7(13-4)10(2,3)8(11)9(12)14-5/h7-8H,6,11H2,1-5H3. The minimum absolute atomic E-state index is 0.0448. The Hall–Kier alpha value is -0.610. The van der Waals surface area contributed by atoms with E-state index in [0.717, 1.165) is 6.42 Å². The molecule has 2 atom stereocenters. The highest BCUT2D eigenvalue weighted by Crippen LogP contribution is 2.28. The molecule has 0 radical (unpaired) electrons. The molecule has 0 spiro atoms. The van der Waals surface area contributed by atoms with E-state index in [1.165, 1.54) is 7.11 Å². The molecule has 0 aromatic carbocycles. The van der Waals surface area contributed by atoms with Crippen molar-refractivity contribution in [1.82, 2.24) is 0 Å². The molecule has 0 saturated heterocycles. The fourth-order valence-electron chi connectivity index (χ4n) is 1.63. The van der Waals surface area contributed by atoms with Gasteiger partial charge in [-0.1, -0.05) is 20.8 Å². The number of hydrogen-bond acceptors (Lipinski definition) is 4. The average Bonchev–Trinajstić information content (AvgIpc) is 2.16. The number of nitrogens with two attached hydrogens (primary N) is 1. The molecule has 0 saturated carbocycles. The second-order valence-electron chi connectivity index (χ2n) is 3.95. The van der Waals surface area contributed by atoms with Crippen molar-refractivity contribution in [3.63, 3.8) is 0 Å². The topological polar surface area (TPSA) is 61.5 Å². The number of ether oxygens (including phenoxy) is 2. The van der Waals surface area contributed by atoms with E-state index in [2.05, 4.69) is 4.74 Å². The molecule has 0 rings (SSSR count). The molecular weight excluding hydrogens is 182 g/mol. The van der Waals surface area contributed by atoms with Crippen LogP contribution >= 0.6 is 0 Å².